The van der Waals surface area contributed by atoms with Crippen molar-refractivity contribution in [1.82, 2.24) is 29.5 Å². The molecule has 3 rings (SSSR count). The molecular weight excluding hydrogens is 300 g/mol. The van der Waals surface area contributed by atoms with Crippen molar-refractivity contribution in [3.05, 3.63) is 54.1 Å². The van der Waals surface area contributed by atoms with Gasteiger partial charge in [0.2, 0.25) is 0 Å². The lowest BCUT2D eigenvalue weighted by atomic mass is 10.1. The van der Waals surface area contributed by atoms with Crippen LogP contribution >= 0.6 is 0 Å². The lowest BCUT2D eigenvalue weighted by molar-refractivity contribution is 0.542. The van der Waals surface area contributed by atoms with E-state index < -0.39 is 0 Å². The molecule has 6 nitrogen and oxygen atoms in total. The van der Waals surface area contributed by atoms with E-state index in [0.717, 1.165) is 48.8 Å². The fourth-order valence-corrected chi connectivity index (χ4v) is 2.59. The molecule has 0 spiro atoms. The van der Waals surface area contributed by atoms with Crippen LogP contribution in [0.5, 0.6) is 0 Å². The van der Waals surface area contributed by atoms with Crippen molar-refractivity contribution in [3.63, 3.8) is 0 Å². The third-order valence-corrected chi connectivity index (χ3v) is 4.19. The molecule has 3 aromatic heterocycles. The summed E-state index contributed by atoms with van der Waals surface area (Å²) in [5.74, 6) is 2.46. The van der Waals surface area contributed by atoms with Crippen molar-refractivity contribution in [2.45, 2.75) is 46.6 Å². The zero-order chi connectivity index (χ0) is 16.9. The number of hydrogen-bond acceptors (Lipinski definition) is 4. The molecule has 0 radical (unpaired) electrons. The molecule has 0 saturated carbocycles. The third kappa shape index (κ3) is 3.88. The Kier molecular flexibility index (Phi) is 5.03. The average molecular weight is 324 g/mol. The van der Waals surface area contributed by atoms with Crippen molar-refractivity contribution in [3.8, 4) is 5.69 Å². The van der Waals surface area contributed by atoms with E-state index in [1.54, 1.807) is 12.4 Å². The van der Waals surface area contributed by atoms with Crippen LogP contribution in [0.25, 0.3) is 5.69 Å². The average Bonchev–Trinajstić information content (AvgIpc) is 3.19. The molecular formula is C18H24N6. The first-order chi connectivity index (χ1) is 11.7. The van der Waals surface area contributed by atoms with Crippen LogP contribution < -0.4 is 0 Å². The summed E-state index contributed by atoms with van der Waals surface area (Å²) in [4.78, 5) is 8.88. The highest BCUT2D eigenvalue weighted by Crippen LogP contribution is 2.14. The summed E-state index contributed by atoms with van der Waals surface area (Å²) < 4.78 is 3.89. The van der Waals surface area contributed by atoms with Gasteiger partial charge in [0.1, 0.15) is 5.82 Å². The Morgan fingerprint density at radius 1 is 1.12 bits per heavy atom. The van der Waals surface area contributed by atoms with Crippen LogP contribution in [0, 0.1) is 12.8 Å². The maximum atomic E-state index is 4.79. The fourth-order valence-electron chi connectivity index (χ4n) is 2.59. The molecule has 0 amide bonds. The number of nitrogens with zero attached hydrogens (tertiary/aromatic N) is 6. The van der Waals surface area contributed by atoms with Gasteiger partial charge in [-0.05, 0) is 31.0 Å². The summed E-state index contributed by atoms with van der Waals surface area (Å²) in [6.45, 7) is 7.23. The lowest BCUT2D eigenvalue weighted by Gasteiger charge is -2.05. The zero-order valence-corrected chi connectivity index (χ0v) is 14.6. The summed E-state index contributed by atoms with van der Waals surface area (Å²) in [7, 11) is 0. The van der Waals surface area contributed by atoms with Gasteiger partial charge in [-0.15, -0.1) is 0 Å². The van der Waals surface area contributed by atoms with Gasteiger partial charge in [0.15, 0.2) is 5.82 Å². The van der Waals surface area contributed by atoms with Crippen LogP contribution in [0.1, 0.15) is 37.6 Å². The van der Waals surface area contributed by atoms with Crippen molar-refractivity contribution >= 4 is 0 Å². The number of rotatable bonds is 7. The summed E-state index contributed by atoms with van der Waals surface area (Å²) in [5, 5.41) is 9.18. The maximum Gasteiger partial charge on any atom is 0.151 e. The normalized spacial score (nSPS) is 12.5. The Hall–Kier alpha value is -2.50. The Morgan fingerprint density at radius 3 is 2.58 bits per heavy atom. The van der Waals surface area contributed by atoms with Gasteiger partial charge >= 0.3 is 0 Å². The molecule has 0 aliphatic rings. The molecule has 126 valence electrons. The molecule has 0 aliphatic heterocycles. The monoisotopic (exact) mass is 324 g/mol. The first-order valence-corrected chi connectivity index (χ1v) is 8.51. The molecule has 24 heavy (non-hydrogen) atoms. The number of pyridine rings is 1. The minimum absolute atomic E-state index is 0.583. The predicted molar refractivity (Wildman–Crippen MR) is 93.0 cm³/mol. The van der Waals surface area contributed by atoms with E-state index in [2.05, 4.69) is 23.9 Å². The highest BCUT2D eigenvalue weighted by molar-refractivity contribution is 5.29. The van der Waals surface area contributed by atoms with Gasteiger partial charge in [-0.2, -0.15) is 10.2 Å². The lowest BCUT2D eigenvalue weighted by Crippen LogP contribution is -2.08. The van der Waals surface area contributed by atoms with E-state index in [4.69, 9.17) is 10.1 Å². The van der Waals surface area contributed by atoms with Gasteiger partial charge in [-0.25, -0.2) is 9.67 Å². The molecule has 0 fully saturated rings. The van der Waals surface area contributed by atoms with E-state index >= 15 is 0 Å². The molecule has 0 unspecified atom stereocenters. The molecule has 3 aromatic rings. The van der Waals surface area contributed by atoms with Gasteiger partial charge < -0.3 is 0 Å². The Labute approximate surface area is 142 Å². The number of aryl methyl sites for hydroxylation is 3. The maximum absolute atomic E-state index is 4.79. The van der Waals surface area contributed by atoms with Crippen molar-refractivity contribution < 1.29 is 0 Å². The summed E-state index contributed by atoms with van der Waals surface area (Å²) in [6.07, 6.45) is 8.39. The van der Waals surface area contributed by atoms with Crippen LogP contribution in [-0.4, -0.2) is 29.5 Å². The first-order valence-electron chi connectivity index (χ1n) is 8.51. The molecule has 1 atom stereocenters. The molecule has 0 aromatic carbocycles. The van der Waals surface area contributed by atoms with Gasteiger partial charge in [-0.1, -0.05) is 20.3 Å². The second kappa shape index (κ2) is 7.38. The van der Waals surface area contributed by atoms with Gasteiger partial charge in [-0.3, -0.25) is 9.67 Å². The van der Waals surface area contributed by atoms with Crippen LogP contribution in [-0.2, 0) is 19.4 Å². The third-order valence-electron chi connectivity index (χ3n) is 4.19. The topological polar surface area (TPSA) is 61.4 Å². The smallest absolute Gasteiger partial charge is 0.151 e. The van der Waals surface area contributed by atoms with E-state index in [1.165, 1.54) is 0 Å². The minimum atomic E-state index is 0.583. The highest BCUT2D eigenvalue weighted by Gasteiger charge is 2.14. The molecule has 0 N–H and O–H groups in total. The predicted octanol–water partition coefficient (Wildman–Crippen LogP) is 3.00. The Morgan fingerprint density at radius 2 is 1.92 bits per heavy atom. The number of hydrogen-bond donors (Lipinski definition) is 0. The number of aromatic nitrogens is 6. The largest absolute Gasteiger partial charge is 0.272 e. The molecule has 3 heterocycles. The van der Waals surface area contributed by atoms with E-state index in [0.29, 0.717) is 5.92 Å². The van der Waals surface area contributed by atoms with Crippen LogP contribution in [0.3, 0.4) is 0 Å². The van der Waals surface area contributed by atoms with Crippen molar-refractivity contribution in [2.24, 2.45) is 5.92 Å². The van der Waals surface area contributed by atoms with E-state index in [9.17, 15) is 0 Å². The summed E-state index contributed by atoms with van der Waals surface area (Å²) in [5.41, 5.74) is 2.03. The van der Waals surface area contributed by atoms with Crippen LogP contribution in [0.2, 0.25) is 0 Å². The SMILES string of the molecule is CC[C@H](C)Cc1nc(CCn2ccc(C)n2)n(-c2ccncc2)n1. The van der Waals surface area contributed by atoms with Crippen LogP contribution in [0.15, 0.2) is 36.8 Å². The quantitative estimate of drug-likeness (QED) is 0.670. The molecule has 0 aliphatic carbocycles. The van der Waals surface area contributed by atoms with Crippen molar-refractivity contribution in [2.75, 3.05) is 0 Å². The molecule has 6 heteroatoms. The first kappa shape index (κ1) is 16.4. The fraction of sp³-hybridized carbons (Fsp3) is 0.444. The Bertz CT molecular complexity index is 774. The zero-order valence-electron chi connectivity index (χ0n) is 14.6. The van der Waals surface area contributed by atoms with Gasteiger partial charge in [0.05, 0.1) is 11.4 Å². The van der Waals surface area contributed by atoms with Gasteiger partial charge in [0, 0.05) is 38.0 Å². The summed E-state index contributed by atoms with van der Waals surface area (Å²) in [6, 6.07) is 5.94. The van der Waals surface area contributed by atoms with E-state index in [1.807, 2.05) is 40.7 Å². The summed E-state index contributed by atoms with van der Waals surface area (Å²) >= 11 is 0. The second-order valence-electron chi connectivity index (χ2n) is 6.25. The van der Waals surface area contributed by atoms with E-state index in [-0.39, 0.29) is 0 Å². The Balaban J connectivity index is 1.84. The molecule has 0 saturated heterocycles. The van der Waals surface area contributed by atoms with Crippen LogP contribution in [0.4, 0.5) is 0 Å². The minimum Gasteiger partial charge on any atom is -0.272 e. The highest BCUT2D eigenvalue weighted by atomic mass is 15.4. The second-order valence-corrected chi connectivity index (χ2v) is 6.25. The van der Waals surface area contributed by atoms with Crippen molar-refractivity contribution in [1.29, 1.82) is 0 Å². The standard InChI is InChI=1S/C18H24N6/c1-4-14(2)13-17-20-18(8-12-23-11-7-15(3)21-23)24(22-17)16-5-9-19-10-6-16/h5-7,9-11,14H,4,8,12-13H2,1-3H3/t14-/m0/s1. The molecule has 0 bridgehead atoms. The van der Waals surface area contributed by atoms with Gasteiger partial charge in [0.25, 0.3) is 0 Å².